The van der Waals surface area contributed by atoms with E-state index in [2.05, 4.69) is 5.32 Å². The lowest BCUT2D eigenvalue weighted by Gasteiger charge is -2.23. The largest absolute Gasteiger partial charge is 0.358 e. The van der Waals surface area contributed by atoms with Crippen molar-refractivity contribution >= 4 is 23.6 Å². The lowest BCUT2D eigenvalue weighted by molar-refractivity contribution is -0.133. The van der Waals surface area contributed by atoms with E-state index in [1.807, 2.05) is 0 Å². The first kappa shape index (κ1) is 12.9. The van der Waals surface area contributed by atoms with E-state index < -0.39 is 5.37 Å². The Morgan fingerprint density at radius 1 is 1.56 bits per heavy atom. The molecule has 0 aliphatic carbocycles. The molecule has 1 atom stereocenters. The van der Waals surface area contributed by atoms with E-state index in [0.29, 0.717) is 5.56 Å². The number of hydrogen-bond acceptors (Lipinski definition) is 3. The highest BCUT2D eigenvalue weighted by molar-refractivity contribution is 8.00. The van der Waals surface area contributed by atoms with Gasteiger partial charge in [-0.2, -0.15) is 0 Å². The maximum atomic E-state index is 13.7. The molecule has 96 valence electrons. The lowest BCUT2D eigenvalue weighted by Crippen LogP contribution is -2.38. The van der Waals surface area contributed by atoms with Gasteiger partial charge in [0.05, 0.1) is 5.75 Å². The number of carbonyl (C=O) groups is 2. The molecule has 1 unspecified atom stereocenters. The van der Waals surface area contributed by atoms with Crippen molar-refractivity contribution in [3.63, 3.8) is 0 Å². The summed E-state index contributed by atoms with van der Waals surface area (Å²) in [6, 6.07) is 6.32. The van der Waals surface area contributed by atoms with Crippen LogP contribution in [0, 0.1) is 5.82 Å². The molecule has 0 saturated carbocycles. The summed E-state index contributed by atoms with van der Waals surface area (Å²) in [6.07, 6.45) is 0. The van der Waals surface area contributed by atoms with Crippen LogP contribution in [-0.2, 0) is 9.59 Å². The molecule has 2 rings (SSSR count). The molecule has 1 aliphatic heterocycles. The van der Waals surface area contributed by atoms with Crippen molar-refractivity contribution in [2.45, 2.75) is 5.37 Å². The minimum absolute atomic E-state index is 0.0403. The fraction of sp³-hybridized carbons (Fsp3) is 0.333. The number of nitrogens with zero attached hydrogens (tertiary/aromatic N) is 1. The van der Waals surface area contributed by atoms with Crippen LogP contribution >= 0.6 is 11.8 Å². The minimum Gasteiger partial charge on any atom is -0.358 e. The molecule has 1 N–H and O–H groups in total. The number of benzene rings is 1. The average Bonchev–Trinajstić information content (AvgIpc) is 2.72. The Morgan fingerprint density at radius 3 is 2.94 bits per heavy atom. The second kappa shape index (κ2) is 5.39. The maximum absolute atomic E-state index is 13.7. The molecule has 1 aromatic rings. The van der Waals surface area contributed by atoms with E-state index in [1.165, 1.54) is 29.8 Å². The Labute approximate surface area is 109 Å². The molecule has 1 aromatic carbocycles. The van der Waals surface area contributed by atoms with Crippen LogP contribution in [0.2, 0.25) is 0 Å². The third kappa shape index (κ3) is 2.48. The van der Waals surface area contributed by atoms with Crippen LogP contribution in [0.1, 0.15) is 10.9 Å². The molecule has 2 amide bonds. The lowest BCUT2D eigenvalue weighted by atomic mass is 10.2. The highest BCUT2D eigenvalue weighted by Crippen LogP contribution is 2.39. The Kier molecular flexibility index (Phi) is 3.86. The molecule has 18 heavy (non-hydrogen) atoms. The molecule has 0 radical (unpaired) electrons. The number of nitrogens with one attached hydrogen (secondary N) is 1. The van der Waals surface area contributed by atoms with E-state index in [4.69, 9.17) is 0 Å². The Balaban J connectivity index is 2.24. The SMILES string of the molecule is CNC(=O)CN1C(=O)CSC1c1ccccc1F. The van der Waals surface area contributed by atoms with Gasteiger partial charge in [0.25, 0.3) is 0 Å². The summed E-state index contributed by atoms with van der Waals surface area (Å²) < 4.78 is 13.7. The summed E-state index contributed by atoms with van der Waals surface area (Å²) >= 11 is 1.33. The fourth-order valence-corrected chi connectivity index (χ4v) is 3.00. The molecule has 6 heteroatoms. The molecule has 0 aromatic heterocycles. The van der Waals surface area contributed by atoms with Gasteiger partial charge in [-0.3, -0.25) is 9.59 Å². The Morgan fingerprint density at radius 2 is 2.28 bits per heavy atom. The van der Waals surface area contributed by atoms with Gasteiger partial charge in [0.2, 0.25) is 11.8 Å². The van der Waals surface area contributed by atoms with E-state index in [1.54, 1.807) is 18.2 Å². The smallest absolute Gasteiger partial charge is 0.239 e. The molecular weight excluding hydrogens is 255 g/mol. The molecule has 0 spiro atoms. The number of amides is 2. The van der Waals surface area contributed by atoms with Crippen molar-refractivity contribution < 1.29 is 14.0 Å². The highest BCUT2D eigenvalue weighted by Gasteiger charge is 2.35. The van der Waals surface area contributed by atoms with Gasteiger partial charge in [-0.05, 0) is 6.07 Å². The quantitative estimate of drug-likeness (QED) is 0.894. The van der Waals surface area contributed by atoms with Crippen LogP contribution in [0.5, 0.6) is 0 Å². The maximum Gasteiger partial charge on any atom is 0.239 e. The molecule has 0 bridgehead atoms. The summed E-state index contributed by atoms with van der Waals surface area (Å²) in [5, 5.41) is 2.04. The zero-order valence-electron chi connectivity index (χ0n) is 9.85. The molecule has 1 saturated heterocycles. The van der Waals surface area contributed by atoms with Gasteiger partial charge in [0, 0.05) is 12.6 Å². The predicted molar refractivity (Wildman–Crippen MR) is 67.4 cm³/mol. The fourth-order valence-electron chi connectivity index (χ4n) is 1.79. The minimum atomic E-state index is -0.420. The van der Waals surface area contributed by atoms with Crippen molar-refractivity contribution in [2.24, 2.45) is 0 Å². The van der Waals surface area contributed by atoms with Gasteiger partial charge >= 0.3 is 0 Å². The number of carbonyl (C=O) groups excluding carboxylic acids is 2. The molecule has 1 fully saturated rings. The summed E-state index contributed by atoms with van der Waals surface area (Å²) in [5.74, 6) is -0.480. The number of rotatable bonds is 3. The number of likely N-dealkylation sites (N-methyl/N-ethyl adjacent to an activating group) is 1. The summed E-state index contributed by atoms with van der Waals surface area (Å²) in [7, 11) is 1.51. The average molecular weight is 268 g/mol. The third-order valence-electron chi connectivity index (χ3n) is 2.73. The summed E-state index contributed by atoms with van der Waals surface area (Å²) in [4.78, 5) is 24.5. The van der Waals surface area contributed by atoms with Crippen LogP contribution in [-0.4, -0.2) is 36.1 Å². The summed E-state index contributed by atoms with van der Waals surface area (Å²) in [5.41, 5.74) is 0.442. The van der Waals surface area contributed by atoms with Crippen LogP contribution in [0.4, 0.5) is 4.39 Å². The van der Waals surface area contributed by atoms with E-state index >= 15 is 0 Å². The van der Waals surface area contributed by atoms with Crippen LogP contribution in [0.25, 0.3) is 0 Å². The van der Waals surface area contributed by atoms with Crippen molar-refractivity contribution in [2.75, 3.05) is 19.3 Å². The Bertz CT molecular complexity index is 481. The number of hydrogen-bond donors (Lipinski definition) is 1. The van der Waals surface area contributed by atoms with Gasteiger partial charge in [-0.25, -0.2) is 4.39 Å². The summed E-state index contributed by atoms with van der Waals surface area (Å²) in [6.45, 7) is -0.0403. The van der Waals surface area contributed by atoms with E-state index in [0.717, 1.165) is 0 Å². The van der Waals surface area contributed by atoms with Gasteiger partial charge < -0.3 is 10.2 Å². The zero-order valence-corrected chi connectivity index (χ0v) is 10.7. The first-order valence-electron chi connectivity index (χ1n) is 5.49. The first-order chi connectivity index (χ1) is 8.63. The molecular formula is C12H13FN2O2S. The molecule has 4 nitrogen and oxygen atoms in total. The second-order valence-electron chi connectivity index (χ2n) is 3.88. The number of thioether (sulfide) groups is 1. The highest BCUT2D eigenvalue weighted by atomic mass is 32.2. The van der Waals surface area contributed by atoms with Crippen molar-refractivity contribution in [3.8, 4) is 0 Å². The van der Waals surface area contributed by atoms with Crippen LogP contribution in [0.15, 0.2) is 24.3 Å². The van der Waals surface area contributed by atoms with Gasteiger partial charge in [0.1, 0.15) is 17.7 Å². The third-order valence-corrected chi connectivity index (χ3v) is 3.97. The predicted octanol–water partition coefficient (Wildman–Crippen LogP) is 1.15. The van der Waals surface area contributed by atoms with Crippen molar-refractivity contribution in [3.05, 3.63) is 35.6 Å². The first-order valence-corrected chi connectivity index (χ1v) is 6.54. The molecule has 1 heterocycles. The number of halogens is 1. The Hall–Kier alpha value is -1.56. The van der Waals surface area contributed by atoms with Gasteiger partial charge in [0.15, 0.2) is 0 Å². The van der Waals surface area contributed by atoms with E-state index in [-0.39, 0.29) is 29.9 Å². The zero-order chi connectivity index (χ0) is 13.1. The van der Waals surface area contributed by atoms with Gasteiger partial charge in [-0.1, -0.05) is 18.2 Å². The molecule has 1 aliphatic rings. The topological polar surface area (TPSA) is 49.4 Å². The van der Waals surface area contributed by atoms with Crippen LogP contribution < -0.4 is 5.32 Å². The van der Waals surface area contributed by atoms with Crippen LogP contribution in [0.3, 0.4) is 0 Å². The second-order valence-corrected chi connectivity index (χ2v) is 4.95. The standard InChI is InChI=1S/C12H13FN2O2S/c1-14-10(16)6-15-11(17)7-18-12(15)8-4-2-3-5-9(8)13/h2-5,12H,6-7H2,1H3,(H,14,16). The van der Waals surface area contributed by atoms with Gasteiger partial charge in [-0.15, -0.1) is 11.8 Å². The normalized spacial score (nSPS) is 19.1. The monoisotopic (exact) mass is 268 g/mol. The van der Waals surface area contributed by atoms with E-state index in [9.17, 15) is 14.0 Å². The van der Waals surface area contributed by atoms with Crippen molar-refractivity contribution in [1.29, 1.82) is 0 Å². The van der Waals surface area contributed by atoms with Crippen molar-refractivity contribution in [1.82, 2.24) is 10.2 Å².